The van der Waals surface area contributed by atoms with Gasteiger partial charge in [0.1, 0.15) is 11.9 Å². The van der Waals surface area contributed by atoms with Crippen molar-refractivity contribution in [2.24, 2.45) is 0 Å². The summed E-state index contributed by atoms with van der Waals surface area (Å²) >= 11 is 0. The van der Waals surface area contributed by atoms with Crippen LogP contribution in [0.4, 0.5) is 16.0 Å². The Hall–Kier alpha value is -4.73. The number of benzene rings is 2. The summed E-state index contributed by atoms with van der Waals surface area (Å²) < 4.78 is 26.0. The van der Waals surface area contributed by atoms with E-state index >= 15 is 0 Å². The molecule has 2 aromatic heterocycles. The number of hydrogen-bond donors (Lipinski definition) is 2. The van der Waals surface area contributed by atoms with Gasteiger partial charge in [0.25, 0.3) is 5.91 Å². The Morgan fingerprint density at radius 3 is 2.56 bits per heavy atom. The van der Waals surface area contributed by atoms with Gasteiger partial charge in [-0.15, -0.1) is 5.10 Å². The first kappa shape index (κ1) is 23.0. The molecule has 0 aliphatic carbocycles. The number of carbonyl (C=O) groups excluding carboxylic acids is 1. The van der Waals surface area contributed by atoms with Gasteiger partial charge < -0.3 is 20.1 Å². The molecule has 2 N–H and O–H groups in total. The van der Waals surface area contributed by atoms with Gasteiger partial charge in [-0.25, -0.2) is 9.07 Å². The second-order valence-electron chi connectivity index (χ2n) is 8.09. The molecule has 4 aromatic rings. The number of carbonyl (C=O) groups is 1. The number of methoxy groups -OCH3 is 2. The maximum atomic E-state index is 13.6. The molecule has 5 rings (SSSR count). The fourth-order valence-electron chi connectivity index (χ4n) is 4.13. The maximum Gasteiger partial charge on any atom is 0.255 e. The van der Waals surface area contributed by atoms with E-state index in [1.54, 1.807) is 61.6 Å². The molecule has 0 spiro atoms. The SMILES string of the molecule is COc1ccc(C2C(C(=O)Nc3cccnc3)=C(C)Nc3nc(-c4ccc(F)cc4)nn32)cc1OC. The number of nitrogens with zero attached hydrogens (tertiary/aromatic N) is 4. The molecule has 1 aliphatic rings. The van der Waals surface area contributed by atoms with E-state index in [2.05, 4.69) is 20.6 Å². The molecule has 9 nitrogen and oxygen atoms in total. The summed E-state index contributed by atoms with van der Waals surface area (Å²) in [5.41, 5.74) is 2.99. The molecule has 0 fully saturated rings. The lowest BCUT2D eigenvalue weighted by Crippen LogP contribution is -2.31. The topological polar surface area (TPSA) is 103 Å². The van der Waals surface area contributed by atoms with Crippen molar-refractivity contribution in [3.63, 3.8) is 0 Å². The minimum Gasteiger partial charge on any atom is -0.493 e. The Kier molecular flexibility index (Phi) is 6.07. The number of ether oxygens (including phenoxy) is 2. The van der Waals surface area contributed by atoms with Crippen molar-refractivity contribution in [3.05, 3.63) is 89.6 Å². The lowest BCUT2D eigenvalue weighted by atomic mass is 9.94. The van der Waals surface area contributed by atoms with E-state index in [0.29, 0.717) is 45.8 Å². The summed E-state index contributed by atoms with van der Waals surface area (Å²) in [7, 11) is 3.11. The summed E-state index contributed by atoms with van der Waals surface area (Å²) in [4.78, 5) is 22.3. The molecule has 0 radical (unpaired) electrons. The van der Waals surface area contributed by atoms with Gasteiger partial charge in [0.15, 0.2) is 17.3 Å². The number of rotatable bonds is 6. The molecule has 1 aliphatic heterocycles. The number of amides is 1. The van der Waals surface area contributed by atoms with E-state index in [0.717, 1.165) is 5.56 Å². The van der Waals surface area contributed by atoms with Gasteiger partial charge in [0.05, 0.1) is 31.7 Å². The fraction of sp³-hybridized carbons (Fsp3) is 0.154. The van der Waals surface area contributed by atoms with Crippen molar-refractivity contribution in [2.75, 3.05) is 24.9 Å². The normalized spacial score (nSPS) is 14.6. The molecule has 2 aromatic carbocycles. The Balaban J connectivity index is 1.63. The molecular weight excluding hydrogens is 463 g/mol. The predicted molar refractivity (Wildman–Crippen MR) is 132 cm³/mol. The highest BCUT2D eigenvalue weighted by Crippen LogP contribution is 2.39. The first-order chi connectivity index (χ1) is 17.5. The van der Waals surface area contributed by atoms with Crippen molar-refractivity contribution in [1.29, 1.82) is 0 Å². The zero-order valence-electron chi connectivity index (χ0n) is 19.8. The largest absolute Gasteiger partial charge is 0.493 e. The number of nitrogens with one attached hydrogen (secondary N) is 2. The van der Waals surface area contributed by atoms with Crippen LogP contribution >= 0.6 is 0 Å². The van der Waals surface area contributed by atoms with Crippen LogP contribution in [0.5, 0.6) is 11.5 Å². The van der Waals surface area contributed by atoms with Crippen LogP contribution in [0.1, 0.15) is 18.5 Å². The number of hydrogen-bond acceptors (Lipinski definition) is 7. The van der Waals surface area contributed by atoms with E-state index in [4.69, 9.17) is 14.6 Å². The van der Waals surface area contributed by atoms with Crippen LogP contribution in [0.3, 0.4) is 0 Å². The van der Waals surface area contributed by atoms with Crippen molar-refractivity contribution in [2.45, 2.75) is 13.0 Å². The highest BCUT2D eigenvalue weighted by atomic mass is 19.1. The summed E-state index contributed by atoms with van der Waals surface area (Å²) in [5, 5.41) is 10.8. The van der Waals surface area contributed by atoms with Crippen LogP contribution in [0, 0.1) is 5.82 Å². The number of aromatic nitrogens is 4. The smallest absolute Gasteiger partial charge is 0.255 e. The Morgan fingerprint density at radius 1 is 1.08 bits per heavy atom. The van der Waals surface area contributed by atoms with Gasteiger partial charge in [-0.3, -0.25) is 9.78 Å². The third-order valence-electron chi connectivity index (χ3n) is 5.84. The predicted octanol–water partition coefficient (Wildman–Crippen LogP) is 4.42. The van der Waals surface area contributed by atoms with E-state index in [1.165, 1.54) is 12.1 Å². The van der Waals surface area contributed by atoms with Crippen LogP contribution in [0.25, 0.3) is 11.4 Å². The average molecular weight is 487 g/mol. The molecule has 36 heavy (non-hydrogen) atoms. The van der Waals surface area contributed by atoms with Crippen molar-refractivity contribution < 1.29 is 18.7 Å². The first-order valence-corrected chi connectivity index (χ1v) is 11.1. The number of pyridine rings is 1. The second kappa shape index (κ2) is 9.49. The third-order valence-corrected chi connectivity index (χ3v) is 5.84. The van der Waals surface area contributed by atoms with Crippen molar-refractivity contribution in [1.82, 2.24) is 19.7 Å². The molecule has 10 heteroatoms. The zero-order chi connectivity index (χ0) is 25.2. The van der Waals surface area contributed by atoms with Crippen molar-refractivity contribution >= 4 is 17.5 Å². The van der Waals surface area contributed by atoms with Crippen LogP contribution in [-0.2, 0) is 4.79 Å². The third kappa shape index (κ3) is 4.24. The Bertz CT molecular complexity index is 1450. The van der Waals surface area contributed by atoms with Gasteiger partial charge in [0.2, 0.25) is 5.95 Å². The molecule has 1 unspecified atom stereocenters. The number of halogens is 1. The fourth-order valence-corrected chi connectivity index (χ4v) is 4.13. The number of anilines is 2. The summed E-state index contributed by atoms with van der Waals surface area (Å²) in [6, 6.07) is 14.2. The number of allylic oxidation sites excluding steroid dienone is 1. The summed E-state index contributed by atoms with van der Waals surface area (Å²) in [5.74, 6) is 1.24. The van der Waals surface area contributed by atoms with Crippen LogP contribution < -0.4 is 20.1 Å². The standard InChI is InChI=1S/C26H23FN6O3/c1-15-22(25(34)30-19-5-4-12-28-14-19)23(17-8-11-20(35-2)21(13-17)36-3)33-26(29-15)31-24(32-33)16-6-9-18(27)10-7-16/h4-14,23H,1-3H3,(H,30,34)(H,29,31,32). The lowest BCUT2D eigenvalue weighted by Gasteiger charge is -2.29. The van der Waals surface area contributed by atoms with Crippen LogP contribution in [0.15, 0.2) is 78.3 Å². The molecule has 0 saturated carbocycles. The van der Waals surface area contributed by atoms with Gasteiger partial charge in [0, 0.05) is 17.5 Å². The molecule has 182 valence electrons. The summed E-state index contributed by atoms with van der Waals surface area (Å²) in [6.07, 6.45) is 3.20. The van der Waals surface area contributed by atoms with Crippen LogP contribution in [-0.4, -0.2) is 39.9 Å². The summed E-state index contributed by atoms with van der Waals surface area (Å²) in [6.45, 7) is 1.81. The Labute approximate surface area is 206 Å². The first-order valence-electron chi connectivity index (χ1n) is 11.1. The molecule has 1 atom stereocenters. The van der Waals surface area contributed by atoms with E-state index in [9.17, 15) is 9.18 Å². The van der Waals surface area contributed by atoms with Crippen molar-refractivity contribution in [3.8, 4) is 22.9 Å². The Morgan fingerprint density at radius 2 is 1.86 bits per heavy atom. The van der Waals surface area contributed by atoms with E-state index < -0.39 is 6.04 Å². The second-order valence-corrected chi connectivity index (χ2v) is 8.09. The molecular formula is C26H23FN6O3. The van der Waals surface area contributed by atoms with Gasteiger partial charge in [-0.05, 0) is 61.0 Å². The van der Waals surface area contributed by atoms with Gasteiger partial charge >= 0.3 is 0 Å². The van der Waals surface area contributed by atoms with E-state index in [-0.39, 0.29) is 11.7 Å². The molecule has 0 bridgehead atoms. The average Bonchev–Trinajstić information content (AvgIpc) is 3.31. The lowest BCUT2D eigenvalue weighted by molar-refractivity contribution is -0.113. The quantitative estimate of drug-likeness (QED) is 0.416. The highest BCUT2D eigenvalue weighted by Gasteiger charge is 2.35. The molecule has 3 heterocycles. The highest BCUT2D eigenvalue weighted by molar-refractivity contribution is 6.06. The molecule has 1 amide bonds. The molecule has 0 saturated heterocycles. The zero-order valence-corrected chi connectivity index (χ0v) is 19.8. The van der Waals surface area contributed by atoms with Gasteiger partial charge in [-0.1, -0.05) is 6.07 Å². The minimum absolute atomic E-state index is 0.322. The number of fused-ring (bicyclic) bond motifs is 1. The maximum absolute atomic E-state index is 13.6. The van der Waals surface area contributed by atoms with Gasteiger partial charge in [-0.2, -0.15) is 4.98 Å². The monoisotopic (exact) mass is 486 g/mol. The minimum atomic E-state index is -0.639. The van der Waals surface area contributed by atoms with E-state index in [1.807, 2.05) is 19.1 Å². The van der Waals surface area contributed by atoms with Crippen LogP contribution in [0.2, 0.25) is 0 Å².